The molecule has 3 aromatic rings. The van der Waals surface area contributed by atoms with Gasteiger partial charge in [0.1, 0.15) is 0 Å². The van der Waals surface area contributed by atoms with Crippen molar-refractivity contribution >= 4 is 11.6 Å². The van der Waals surface area contributed by atoms with E-state index in [9.17, 15) is 4.79 Å². The molecule has 0 atom stereocenters. The molecule has 1 aliphatic heterocycles. The van der Waals surface area contributed by atoms with Crippen LogP contribution in [0.4, 0.5) is 5.69 Å². The lowest BCUT2D eigenvalue weighted by molar-refractivity contribution is -0.117. The molecule has 23 heavy (non-hydrogen) atoms. The van der Waals surface area contributed by atoms with Crippen LogP contribution in [0.15, 0.2) is 73.1 Å². The van der Waals surface area contributed by atoms with Crippen LogP contribution in [0.5, 0.6) is 0 Å². The number of amides is 1. The fraction of sp³-hybridized carbons (Fsp3) is 0.100. The van der Waals surface area contributed by atoms with Crippen LogP contribution in [0.2, 0.25) is 0 Å². The molecule has 0 aliphatic carbocycles. The second-order valence-corrected chi connectivity index (χ2v) is 5.73. The monoisotopic (exact) mass is 300 g/mol. The summed E-state index contributed by atoms with van der Waals surface area (Å²) in [6.45, 7) is 0.624. The smallest absolute Gasteiger partial charge is 0.231 e. The molecule has 0 spiro atoms. The summed E-state index contributed by atoms with van der Waals surface area (Å²) in [5.41, 5.74) is 5.43. The molecule has 4 rings (SSSR count). The molecule has 1 aromatic heterocycles. The average molecular weight is 300 g/mol. The molecule has 2 aromatic carbocycles. The molecule has 1 aliphatic rings. The van der Waals surface area contributed by atoms with Gasteiger partial charge in [-0.3, -0.25) is 9.78 Å². The second-order valence-electron chi connectivity index (χ2n) is 5.73. The van der Waals surface area contributed by atoms with Gasteiger partial charge in [-0.2, -0.15) is 0 Å². The Morgan fingerprint density at radius 3 is 2.61 bits per heavy atom. The van der Waals surface area contributed by atoms with Crippen molar-refractivity contribution in [1.82, 2.24) is 4.98 Å². The predicted octanol–water partition coefficient (Wildman–Crippen LogP) is 3.84. The first-order chi connectivity index (χ1) is 11.3. The Balaban J connectivity index is 1.66. The standard InChI is InChI=1S/C20H16N2O/c23-20-12-18-11-16(17-7-4-10-21-13-17)8-9-19(18)22(20)14-15-5-2-1-3-6-15/h1-11,13H,12,14H2. The number of hydrogen-bond donors (Lipinski definition) is 0. The third-order valence-electron chi connectivity index (χ3n) is 4.19. The molecule has 0 radical (unpaired) electrons. The van der Waals surface area contributed by atoms with Crippen molar-refractivity contribution in [2.45, 2.75) is 13.0 Å². The van der Waals surface area contributed by atoms with E-state index in [1.54, 1.807) is 6.20 Å². The van der Waals surface area contributed by atoms with Crippen molar-refractivity contribution < 1.29 is 4.79 Å². The van der Waals surface area contributed by atoms with Crippen molar-refractivity contribution in [3.63, 3.8) is 0 Å². The van der Waals surface area contributed by atoms with E-state index in [-0.39, 0.29) is 5.91 Å². The third-order valence-corrected chi connectivity index (χ3v) is 4.19. The van der Waals surface area contributed by atoms with Gasteiger partial charge in [0.25, 0.3) is 0 Å². The number of nitrogens with zero attached hydrogens (tertiary/aromatic N) is 2. The molecular weight excluding hydrogens is 284 g/mol. The van der Waals surface area contributed by atoms with Gasteiger partial charge < -0.3 is 4.90 Å². The lowest BCUT2D eigenvalue weighted by Gasteiger charge is -2.18. The largest absolute Gasteiger partial charge is 0.307 e. The molecule has 3 heteroatoms. The highest BCUT2D eigenvalue weighted by atomic mass is 16.2. The Kier molecular flexibility index (Phi) is 3.39. The fourth-order valence-corrected chi connectivity index (χ4v) is 3.04. The highest BCUT2D eigenvalue weighted by Gasteiger charge is 2.27. The predicted molar refractivity (Wildman–Crippen MR) is 91.0 cm³/mol. The van der Waals surface area contributed by atoms with Crippen LogP contribution >= 0.6 is 0 Å². The van der Waals surface area contributed by atoms with Gasteiger partial charge in [-0.1, -0.05) is 42.5 Å². The normalized spacial score (nSPS) is 13.2. The average Bonchev–Trinajstić information content (AvgIpc) is 2.91. The zero-order chi connectivity index (χ0) is 15.6. The van der Waals surface area contributed by atoms with Crippen LogP contribution in [-0.4, -0.2) is 10.9 Å². The summed E-state index contributed by atoms with van der Waals surface area (Å²) in [4.78, 5) is 18.4. The number of carbonyl (C=O) groups is 1. The Morgan fingerprint density at radius 2 is 1.83 bits per heavy atom. The molecule has 2 heterocycles. The third kappa shape index (κ3) is 2.61. The van der Waals surface area contributed by atoms with E-state index >= 15 is 0 Å². The quantitative estimate of drug-likeness (QED) is 0.736. The minimum atomic E-state index is 0.159. The number of aromatic nitrogens is 1. The van der Waals surface area contributed by atoms with E-state index in [0.29, 0.717) is 13.0 Å². The summed E-state index contributed by atoms with van der Waals surface area (Å²) in [6.07, 6.45) is 4.08. The van der Waals surface area contributed by atoms with Crippen molar-refractivity contribution in [2.75, 3.05) is 4.90 Å². The topological polar surface area (TPSA) is 33.2 Å². The van der Waals surface area contributed by atoms with E-state index in [0.717, 1.165) is 27.9 Å². The van der Waals surface area contributed by atoms with Crippen LogP contribution in [0.25, 0.3) is 11.1 Å². The molecule has 0 bridgehead atoms. The number of rotatable bonds is 3. The van der Waals surface area contributed by atoms with Crippen molar-refractivity contribution in [3.05, 3.63) is 84.2 Å². The van der Waals surface area contributed by atoms with Crippen molar-refractivity contribution in [2.24, 2.45) is 0 Å². The molecule has 0 N–H and O–H groups in total. The van der Waals surface area contributed by atoms with E-state index in [1.807, 2.05) is 47.5 Å². The SMILES string of the molecule is O=C1Cc2cc(-c3cccnc3)ccc2N1Cc1ccccc1. The number of fused-ring (bicyclic) bond motifs is 1. The van der Waals surface area contributed by atoms with Gasteiger partial charge in [0.2, 0.25) is 5.91 Å². The van der Waals surface area contributed by atoms with Crippen LogP contribution < -0.4 is 4.90 Å². The van der Waals surface area contributed by atoms with Gasteiger partial charge in [-0.05, 0) is 40.5 Å². The summed E-state index contributed by atoms with van der Waals surface area (Å²) in [5, 5.41) is 0. The summed E-state index contributed by atoms with van der Waals surface area (Å²) >= 11 is 0. The first-order valence-corrected chi connectivity index (χ1v) is 7.69. The van der Waals surface area contributed by atoms with Crippen LogP contribution in [0, 0.1) is 0 Å². The van der Waals surface area contributed by atoms with Gasteiger partial charge in [-0.25, -0.2) is 0 Å². The highest BCUT2D eigenvalue weighted by molar-refractivity contribution is 6.01. The molecule has 0 fully saturated rings. The Hall–Kier alpha value is -2.94. The zero-order valence-corrected chi connectivity index (χ0v) is 12.6. The molecule has 1 amide bonds. The Labute approximate surface area is 135 Å². The minimum absolute atomic E-state index is 0.159. The highest BCUT2D eigenvalue weighted by Crippen LogP contribution is 2.33. The Morgan fingerprint density at radius 1 is 0.957 bits per heavy atom. The summed E-state index contributed by atoms with van der Waals surface area (Å²) in [7, 11) is 0. The first kappa shape index (κ1) is 13.7. The molecule has 112 valence electrons. The lowest BCUT2D eigenvalue weighted by atomic mass is 10.0. The Bertz CT molecular complexity index is 844. The summed E-state index contributed by atoms with van der Waals surface area (Å²) in [6, 6.07) is 20.3. The van der Waals surface area contributed by atoms with Gasteiger partial charge in [0.15, 0.2) is 0 Å². The molecule has 3 nitrogen and oxygen atoms in total. The molecule has 0 saturated heterocycles. The van der Waals surface area contributed by atoms with E-state index in [2.05, 4.69) is 29.2 Å². The summed E-state index contributed by atoms with van der Waals surface area (Å²) < 4.78 is 0. The number of benzene rings is 2. The fourth-order valence-electron chi connectivity index (χ4n) is 3.04. The van der Waals surface area contributed by atoms with Gasteiger partial charge in [-0.15, -0.1) is 0 Å². The maximum atomic E-state index is 12.4. The second kappa shape index (κ2) is 5.69. The summed E-state index contributed by atoms with van der Waals surface area (Å²) in [5.74, 6) is 0.159. The number of anilines is 1. The van der Waals surface area contributed by atoms with Crippen LogP contribution in [0.1, 0.15) is 11.1 Å². The zero-order valence-electron chi connectivity index (χ0n) is 12.6. The van der Waals surface area contributed by atoms with Crippen molar-refractivity contribution in [1.29, 1.82) is 0 Å². The minimum Gasteiger partial charge on any atom is -0.307 e. The van der Waals surface area contributed by atoms with Gasteiger partial charge in [0, 0.05) is 18.1 Å². The van der Waals surface area contributed by atoms with E-state index in [1.165, 1.54) is 0 Å². The number of pyridine rings is 1. The van der Waals surface area contributed by atoms with Crippen molar-refractivity contribution in [3.8, 4) is 11.1 Å². The number of hydrogen-bond acceptors (Lipinski definition) is 2. The molecule has 0 saturated carbocycles. The lowest BCUT2D eigenvalue weighted by Crippen LogP contribution is -2.25. The first-order valence-electron chi connectivity index (χ1n) is 7.69. The maximum absolute atomic E-state index is 12.4. The van der Waals surface area contributed by atoms with Crippen LogP contribution in [0.3, 0.4) is 0 Å². The maximum Gasteiger partial charge on any atom is 0.231 e. The van der Waals surface area contributed by atoms with E-state index in [4.69, 9.17) is 0 Å². The van der Waals surface area contributed by atoms with Crippen LogP contribution in [-0.2, 0) is 17.8 Å². The van der Waals surface area contributed by atoms with Gasteiger partial charge >= 0.3 is 0 Å². The van der Waals surface area contributed by atoms with E-state index < -0.39 is 0 Å². The molecular formula is C20H16N2O. The number of carbonyl (C=O) groups excluding carboxylic acids is 1. The van der Waals surface area contributed by atoms with Gasteiger partial charge in [0.05, 0.1) is 13.0 Å². The molecule has 0 unspecified atom stereocenters.